The SMILES string of the molecule is O=C(NC1CC1)c1ccc(-c2ccc3nnn(Cc4ccc5ncccc5c4)c3n2)cc1F.O=C(NC1CCCCC1)c1ccc(-c2ccc3nnn(Cc4ccc5ncccc5c4)c3n2)cc1F. The van der Waals surface area contributed by atoms with E-state index in [0.717, 1.165) is 71.5 Å². The molecule has 14 nitrogen and oxygen atoms in total. The van der Waals surface area contributed by atoms with E-state index >= 15 is 0 Å². The van der Waals surface area contributed by atoms with Crippen molar-refractivity contribution < 1.29 is 18.4 Å². The topological polar surface area (TPSA) is 171 Å². The number of carbonyl (C=O) groups is 2. The molecule has 69 heavy (non-hydrogen) atoms. The van der Waals surface area contributed by atoms with E-state index in [-0.39, 0.29) is 35.0 Å². The summed E-state index contributed by atoms with van der Waals surface area (Å²) >= 11 is 0. The minimum absolute atomic E-state index is 0.0456. The van der Waals surface area contributed by atoms with Crippen LogP contribution in [0.2, 0.25) is 0 Å². The highest BCUT2D eigenvalue weighted by molar-refractivity contribution is 5.96. The lowest BCUT2D eigenvalue weighted by Gasteiger charge is -2.22. The van der Waals surface area contributed by atoms with Crippen molar-refractivity contribution in [3.8, 4) is 22.5 Å². The number of rotatable bonds is 10. The second-order valence-electron chi connectivity index (χ2n) is 17.6. The van der Waals surface area contributed by atoms with Crippen molar-refractivity contribution in [2.45, 2.75) is 70.1 Å². The summed E-state index contributed by atoms with van der Waals surface area (Å²) in [5.41, 5.74) is 8.95. The normalized spacial score (nSPS) is 13.9. The van der Waals surface area contributed by atoms with Crippen LogP contribution in [0.3, 0.4) is 0 Å². The Morgan fingerprint density at radius 3 is 1.45 bits per heavy atom. The van der Waals surface area contributed by atoms with Crippen molar-refractivity contribution in [3.63, 3.8) is 0 Å². The third-order valence-corrected chi connectivity index (χ3v) is 12.6. The van der Waals surface area contributed by atoms with Gasteiger partial charge in [0.1, 0.15) is 22.7 Å². The zero-order chi connectivity index (χ0) is 46.8. The second-order valence-corrected chi connectivity index (χ2v) is 17.6. The number of hydrogen-bond donors (Lipinski definition) is 2. The Hall–Kier alpha value is -8.40. The average molecular weight is 919 g/mol. The van der Waals surface area contributed by atoms with Crippen LogP contribution < -0.4 is 10.6 Å². The average Bonchev–Trinajstić information content (AvgIpc) is 3.98. The van der Waals surface area contributed by atoms with Crippen LogP contribution in [-0.2, 0) is 13.1 Å². The minimum atomic E-state index is -0.566. The zero-order valence-corrected chi connectivity index (χ0v) is 37.3. The van der Waals surface area contributed by atoms with Crippen LogP contribution in [0.25, 0.3) is 66.6 Å². The Morgan fingerprint density at radius 1 is 0.522 bits per heavy atom. The van der Waals surface area contributed by atoms with Gasteiger partial charge in [0.25, 0.3) is 11.8 Å². The maximum absolute atomic E-state index is 15.0. The molecule has 10 aromatic rings. The van der Waals surface area contributed by atoms with Gasteiger partial charge in [-0.25, -0.2) is 28.1 Å². The number of aromatic nitrogens is 10. The summed E-state index contributed by atoms with van der Waals surface area (Å²) in [6.45, 7) is 0.985. The highest BCUT2D eigenvalue weighted by atomic mass is 19.1. The number of amides is 2. The van der Waals surface area contributed by atoms with Gasteiger partial charge in [0.05, 0.1) is 46.6 Å². The van der Waals surface area contributed by atoms with E-state index in [0.29, 0.717) is 57.9 Å². The first-order valence-electron chi connectivity index (χ1n) is 23.1. The van der Waals surface area contributed by atoms with Gasteiger partial charge < -0.3 is 10.6 Å². The maximum atomic E-state index is 15.0. The summed E-state index contributed by atoms with van der Waals surface area (Å²) in [5, 5.41) is 24.9. The third-order valence-electron chi connectivity index (χ3n) is 12.6. The first-order chi connectivity index (χ1) is 33.8. The first-order valence-corrected chi connectivity index (χ1v) is 23.1. The molecular weight excluding hydrogens is 875 g/mol. The standard InChI is InChI=1S/C28H25FN6O.C25H19FN6O/c29-23-16-20(9-10-22(23)28(36)31-21-6-2-1-3-7-21)25-12-13-26-27(32-25)35(34-33-26)17-18-8-11-24-19(15-18)5-4-14-30-24;26-20-13-17(4-7-19(20)25(33)28-18-5-6-18)22-9-10-23-24(29-22)32(31-30-23)14-15-3-8-21-16(12-15)2-1-11-27-21/h4-5,8-16,21H,1-3,6-7,17H2,(H,31,36);1-4,7-13,18H,5-6,14H2,(H,28,33). The molecule has 2 aliphatic rings. The van der Waals surface area contributed by atoms with Crippen LogP contribution in [0, 0.1) is 11.6 Å². The molecule has 0 aliphatic heterocycles. The van der Waals surface area contributed by atoms with Crippen LogP contribution in [0.4, 0.5) is 8.78 Å². The van der Waals surface area contributed by atoms with Crippen molar-refractivity contribution >= 4 is 55.9 Å². The molecule has 16 heteroatoms. The molecule has 6 aromatic heterocycles. The lowest BCUT2D eigenvalue weighted by atomic mass is 9.95. The summed E-state index contributed by atoms with van der Waals surface area (Å²) in [5.74, 6) is -1.86. The summed E-state index contributed by atoms with van der Waals surface area (Å²) < 4.78 is 33.1. The van der Waals surface area contributed by atoms with Crippen molar-refractivity contribution in [2.24, 2.45) is 0 Å². The zero-order valence-electron chi connectivity index (χ0n) is 37.3. The second kappa shape index (κ2) is 18.7. The van der Waals surface area contributed by atoms with Crippen molar-refractivity contribution in [2.75, 3.05) is 0 Å². The molecule has 0 spiro atoms. The number of fused-ring (bicyclic) bond motifs is 4. The van der Waals surface area contributed by atoms with E-state index in [1.807, 2.05) is 60.7 Å². The highest BCUT2D eigenvalue weighted by Crippen LogP contribution is 2.27. The van der Waals surface area contributed by atoms with E-state index in [9.17, 15) is 18.4 Å². The molecule has 0 radical (unpaired) electrons. The third kappa shape index (κ3) is 9.46. The molecule has 342 valence electrons. The predicted octanol–water partition coefficient (Wildman–Crippen LogP) is 9.41. The lowest BCUT2D eigenvalue weighted by molar-refractivity contribution is 0.0920. The van der Waals surface area contributed by atoms with E-state index < -0.39 is 11.6 Å². The van der Waals surface area contributed by atoms with Gasteiger partial charge in [-0.2, -0.15) is 0 Å². The Morgan fingerprint density at radius 2 is 0.986 bits per heavy atom. The Bertz CT molecular complexity index is 3570. The molecule has 6 heterocycles. The van der Waals surface area contributed by atoms with Crippen LogP contribution >= 0.6 is 0 Å². The van der Waals surface area contributed by atoms with Crippen molar-refractivity contribution in [3.05, 3.63) is 168 Å². The number of halogens is 2. The summed E-state index contributed by atoms with van der Waals surface area (Å²) in [4.78, 5) is 43.0. The van der Waals surface area contributed by atoms with Gasteiger partial charge >= 0.3 is 0 Å². The Labute approximate surface area is 393 Å². The molecule has 2 fully saturated rings. The molecule has 2 saturated carbocycles. The molecule has 2 N–H and O–H groups in total. The minimum Gasteiger partial charge on any atom is -0.349 e. The summed E-state index contributed by atoms with van der Waals surface area (Å²) in [6, 6.07) is 36.7. The van der Waals surface area contributed by atoms with Crippen LogP contribution in [0.15, 0.2) is 134 Å². The van der Waals surface area contributed by atoms with Gasteiger partial charge in [0.2, 0.25) is 0 Å². The number of carbonyl (C=O) groups excluding carboxylic acids is 2. The molecule has 0 saturated heterocycles. The first kappa shape index (κ1) is 43.2. The van der Waals surface area contributed by atoms with Gasteiger partial charge in [0, 0.05) is 46.4 Å². The molecule has 2 aliphatic carbocycles. The van der Waals surface area contributed by atoms with Gasteiger partial charge in [-0.3, -0.25) is 19.6 Å². The fraction of sp³-hybridized carbons (Fsp3) is 0.208. The number of benzene rings is 4. The number of hydrogen-bond acceptors (Lipinski definition) is 10. The quantitative estimate of drug-likeness (QED) is 0.135. The van der Waals surface area contributed by atoms with Gasteiger partial charge in [-0.1, -0.05) is 66.1 Å². The maximum Gasteiger partial charge on any atom is 0.254 e. The number of nitrogens with zero attached hydrogens (tertiary/aromatic N) is 10. The fourth-order valence-corrected chi connectivity index (χ4v) is 8.75. The molecule has 0 bridgehead atoms. The van der Waals surface area contributed by atoms with E-state index in [1.165, 1.54) is 30.7 Å². The highest BCUT2D eigenvalue weighted by Gasteiger charge is 2.25. The Balaban J connectivity index is 0.000000151. The monoisotopic (exact) mass is 918 g/mol. The van der Waals surface area contributed by atoms with Gasteiger partial charge in [-0.15, -0.1) is 10.2 Å². The molecule has 0 unspecified atom stereocenters. The molecule has 2 amide bonds. The van der Waals surface area contributed by atoms with Gasteiger partial charge in [0.15, 0.2) is 11.3 Å². The summed E-state index contributed by atoms with van der Waals surface area (Å²) in [7, 11) is 0. The smallest absolute Gasteiger partial charge is 0.254 e. The largest absolute Gasteiger partial charge is 0.349 e. The van der Waals surface area contributed by atoms with Crippen LogP contribution in [-0.4, -0.2) is 73.8 Å². The van der Waals surface area contributed by atoms with Crippen LogP contribution in [0.5, 0.6) is 0 Å². The van der Waals surface area contributed by atoms with Gasteiger partial charge in [-0.05, 0) is 122 Å². The van der Waals surface area contributed by atoms with Crippen molar-refractivity contribution in [1.82, 2.24) is 60.6 Å². The molecular formula is C53H44F2N12O2. The van der Waals surface area contributed by atoms with Crippen LogP contribution in [0.1, 0.15) is 76.8 Å². The van der Waals surface area contributed by atoms with E-state index in [2.05, 4.69) is 53.4 Å². The lowest BCUT2D eigenvalue weighted by Crippen LogP contribution is -2.36. The fourth-order valence-electron chi connectivity index (χ4n) is 8.75. The summed E-state index contributed by atoms with van der Waals surface area (Å²) in [6.07, 6.45) is 10.7. The molecule has 4 aromatic carbocycles. The number of pyridine rings is 4. The number of nitrogens with one attached hydrogen (secondary N) is 2. The van der Waals surface area contributed by atoms with E-state index in [4.69, 9.17) is 9.97 Å². The Kier molecular flexibility index (Phi) is 11.7. The molecule has 0 atom stereocenters. The van der Waals surface area contributed by atoms with E-state index in [1.54, 1.807) is 46.0 Å². The molecule has 12 rings (SSSR count). The predicted molar refractivity (Wildman–Crippen MR) is 258 cm³/mol. The van der Waals surface area contributed by atoms with Crippen molar-refractivity contribution in [1.29, 1.82) is 0 Å².